The lowest BCUT2D eigenvalue weighted by atomic mass is 9.97. The highest BCUT2D eigenvalue weighted by Crippen LogP contribution is 2.36. The summed E-state index contributed by atoms with van der Waals surface area (Å²) < 4.78 is 10.6. The van der Waals surface area contributed by atoms with E-state index in [0.29, 0.717) is 12.3 Å². The molecule has 1 aliphatic heterocycles. The number of piperidine rings is 1. The van der Waals surface area contributed by atoms with Crippen LogP contribution in [0.1, 0.15) is 35.8 Å². The minimum absolute atomic E-state index is 0.223. The first-order valence-electron chi connectivity index (χ1n) is 10.6. The summed E-state index contributed by atoms with van der Waals surface area (Å²) in [7, 11) is 3.32. The number of nitrogens with zero attached hydrogens (tertiary/aromatic N) is 3. The van der Waals surface area contributed by atoms with Crippen molar-refractivity contribution in [1.29, 1.82) is 0 Å². The minimum Gasteiger partial charge on any atom is -0.497 e. The van der Waals surface area contributed by atoms with Crippen molar-refractivity contribution in [3.05, 3.63) is 59.1 Å². The first-order valence-corrected chi connectivity index (χ1v) is 11.4. The van der Waals surface area contributed by atoms with E-state index in [0.717, 1.165) is 65.0 Å². The van der Waals surface area contributed by atoms with Gasteiger partial charge >= 0.3 is 0 Å². The molecule has 4 rings (SSSR count). The Labute approximate surface area is 186 Å². The van der Waals surface area contributed by atoms with Crippen molar-refractivity contribution >= 4 is 17.2 Å². The normalized spacial score (nSPS) is 14.5. The fourth-order valence-electron chi connectivity index (χ4n) is 3.91. The number of aryl methyl sites for hydroxylation is 1. The van der Waals surface area contributed by atoms with Gasteiger partial charge in [-0.15, -0.1) is 10.2 Å². The number of aromatic nitrogens is 2. The Morgan fingerprint density at radius 3 is 2.48 bits per heavy atom. The average molecular weight is 438 g/mol. The van der Waals surface area contributed by atoms with Crippen LogP contribution in [0.2, 0.25) is 0 Å². The van der Waals surface area contributed by atoms with Crippen LogP contribution >= 0.6 is 11.3 Å². The Kier molecular flexibility index (Phi) is 6.82. The highest BCUT2D eigenvalue weighted by Gasteiger charge is 2.26. The summed E-state index contributed by atoms with van der Waals surface area (Å²) in [6, 6.07) is 15.8. The van der Waals surface area contributed by atoms with E-state index in [-0.39, 0.29) is 5.91 Å². The first-order chi connectivity index (χ1) is 15.2. The molecule has 0 saturated carbocycles. The highest BCUT2D eigenvalue weighted by atomic mass is 32.1. The van der Waals surface area contributed by atoms with Gasteiger partial charge in [-0.05, 0) is 49.1 Å². The summed E-state index contributed by atoms with van der Waals surface area (Å²) in [5.41, 5.74) is 2.13. The van der Waals surface area contributed by atoms with Crippen LogP contribution < -0.4 is 9.47 Å². The Morgan fingerprint density at radius 2 is 1.77 bits per heavy atom. The molecule has 3 aromatic rings. The Bertz CT molecular complexity index is 1010. The zero-order valence-corrected chi connectivity index (χ0v) is 18.7. The lowest BCUT2D eigenvalue weighted by molar-refractivity contribution is -0.132. The van der Waals surface area contributed by atoms with E-state index in [1.807, 2.05) is 53.4 Å². The minimum atomic E-state index is 0.223. The summed E-state index contributed by atoms with van der Waals surface area (Å²) in [6.45, 7) is 1.55. The molecule has 31 heavy (non-hydrogen) atoms. The summed E-state index contributed by atoms with van der Waals surface area (Å²) in [4.78, 5) is 14.6. The Balaban J connectivity index is 1.30. The topological polar surface area (TPSA) is 64.5 Å². The fraction of sp³-hybridized carbons (Fsp3) is 0.375. The Hall–Kier alpha value is -2.93. The van der Waals surface area contributed by atoms with E-state index in [9.17, 15) is 4.79 Å². The molecule has 1 fully saturated rings. The molecule has 0 bridgehead atoms. The summed E-state index contributed by atoms with van der Waals surface area (Å²) >= 11 is 1.63. The second kappa shape index (κ2) is 9.92. The number of hydrogen-bond donors (Lipinski definition) is 0. The van der Waals surface area contributed by atoms with Gasteiger partial charge in [0.2, 0.25) is 5.91 Å². The molecule has 0 aliphatic carbocycles. The molecule has 2 heterocycles. The van der Waals surface area contributed by atoms with E-state index < -0.39 is 0 Å². The van der Waals surface area contributed by atoms with Gasteiger partial charge in [-0.25, -0.2) is 0 Å². The van der Waals surface area contributed by atoms with Crippen molar-refractivity contribution in [2.75, 3.05) is 27.3 Å². The second-order valence-electron chi connectivity index (χ2n) is 7.65. The molecule has 7 heteroatoms. The summed E-state index contributed by atoms with van der Waals surface area (Å²) in [5.74, 6) is 2.22. The van der Waals surface area contributed by atoms with Gasteiger partial charge in [-0.1, -0.05) is 35.6 Å². The zero-order valence-electron chi connectivity index (χ0n) is 17.9. The monoisotopic (exact) mass is 437 g/mol. The number of amides is 1. The molecular formula is C24H27N3O3S. The number of rotatable bonds is 7. The number of hydrogen-bond acceptors (Lipinski definition) is 6. The lowest BCUT2D eigenvalue weighted by Gasteiger charge is -2.31. The summed E-state index contributed by atoms with van der Waals surface area (Å²) in [6.07, 6.45) is 3.14. The van der Waals surface area contributed by atoms with Gasteiger partial charge in [0.1, 0.15) is 16.5 Å². The van der Waals surface area contributed by atoms with Gasteiger partial charge in [-0.3, -0.25) is 4.79 Å². The average Bonchev–Trinajstić information content (AvgIpc) is 3.33. The maximum Gasteiger partial charge on any atom is 0.222 e. The number of ether oxygens (including phenoxy) is 2. The molecule has 0 unspecified atom stereocenters. The smallest absolute Gasteiger partial charge is 0.222 e. The molecule has 162 valence electrons. The maximum atomic E-state index is 12.7. The van der Waals surface area contributed by atoms with Crippen molar-refractivity contribution < 1.29 is 14.3 Å². The summed E-state index contributed by atoms with van der Waals surface area (Å²) in [5, 5.41) is 10.8. The fourth-order valence-corrected chi connectivity index (χ4v) is 4.95. The van der Waals surface area contributed by atoms with Crippen molar-refractivity contribution in [3.63, 3.8) is 0 Å². The van der Waals surface area contributed by atoms with Gasteiger partial charge in [0.15, 0.2) is 5.01 Å². The number of likely N-dealkylation sites (tertiary alicyclic amines) is 1. The van der Waals surface area contributed by atoms with Gasteiger partial charge in [-0.2, -0.15) is 0 Å². The molecular weight excluding hydrogens is 410 g/mol. The third-order valence-electron chi connectivity index (χ3n) is 5.76. The van der Waals surface area contributed by atoms with Crippen LogP contribution in [0.4, 0.5) is 0 Å². The third-order valence-corrected chi connectivity index (χ3v) is 6.88. The SMILES string of the molecule is COc1ccc(CCC(=O)N2CCC(c3nnc(-c4ccccc4OC)s3)CC2)cc1. The predicted molar refractivity (Wildman–Crippen MR) is 122 cm³/mol. The van der Waals surface area contributed by atoms with E-state index in [2.05, 4.69) is 10.2 Å². The Morgan fingerprint density at radius 1 is 1.03 bits per heavy atom. The zero-order chi connectivity index (χ0) is 21.6. The van der Waals surface area contributed by atoms with Gasteiger partial charge in [0.05, 0.1) is 19.8 Å². The molecule has 1 aromatic heterocycles. The molecule has 0 spiro atoms. The molecule has 1 amide bonds. The molecule has 1 saturated heterocycles. The lowest BCUT2D eigenvalue weighted by Crippen LogP contribution is -2.38. The molecule has 2 aromatic carbocycles. The van der Waals surface area contributed by atoms with E-state index >= 15 is 0 Å². The number of carbonyl (C=O) groups excluding carboxylic acids is 1. The molecule has 0 radical (unpaired) electrons. The van der Waals surface area contributed by atoms with E-state index in [1.165, 1.54) is 0 Å². The number of para-hydroxylation sites is 1. The van der Waals surface area contributed by atoms with Crippen LogP contribution in [0.5, 0.6) is 11.5 Å². The number of benzene rings is 2. The number of carbonyl (C=O) groups is 1. The standard InChI is InChI=1S/C24H27N3O3S/c1-29-19-10-7-17(8-11-19)9-12-22(28)27-15-13-18(14-16-27)23-25-26-24(31-23)20-5-3-4-6-21(20)30-2/h3-8,10-11,18H,9,12-16H2,1-2H3. The molecule has 0 atom stereocenters. The molecule has 0 N–H and O–H groups in total. The highest BCUT2D eigenvalue weighted by molar-refractivity contribution is 7.14. The van der Waals surface area contributed by atoms with E-state index in [4.69, 9.17) is 9.47 Å². The van der Waals surface area contributed by atoms with Crippen molar-refractivity contribution in [2.45, 2.75) is 31.6 Å². The van der Waals surface area contributed by atoms with Crippen molar-refractivity contribution in [1.82, 2.24) is 15.1 Å². The van der Waals surface area contributed by atoms with Gasteiger partial charge in [0, 0.05) is 25.4 Å². The maximum absolute atomic E-state index is 12.7. The molecule has 6 nitrogen and oxygen atoms in total. The van der Waals surface area contributed by atoms with Crippen molar-refractivity contribution in [3.8, 4) is 22.1 Å². The van der Waals surface area contributed by atoms with Crippen molar-refractivity contribution in [2.24, 2.45) is 0 Å². The van der Waals surface area contributed by atoms with Crippen LogP contribution in [-0.2, 0) is 11.2 Å². The van der Waals surface area contributed by atoms with Crippen LogP contribution in [0.15, 0.2) is 48.5 Å². The second-order valence-corrected chi connectivity index (χ2v) is 8.66. The van der Waals surface area contributed by atoms with Gasteiger partial charge in [0.25, 0.3) is 0 Å². The van der Waals surface area contributed by atoms with Crippen LogP contribution in [-0.4, -0.2) is 48.3 Å². The first kappa shape index (κ1) is 21.3. The van der Waals surface area contributed by atoms with Crippen LogP contribution in [0.25, 0.3) is 10.6 Å². The largest absolute Gasteiger partial charge is 0.497 e. The third kappa shape index (κ3) is 5.05. The molecule has 1 aliphatic rings. The van der Waals surface area contributed by atoms with Crippen LogP contribution in [0.3, 0.4) is 0 Å². The predicted octanol–water partition coefficient (Wildman–Crippen LogP) is 4.56. The quantitative estimate of drug-likeness (QED) is 0.542. The van der Waals surface area contributed by atoms with E-state index in [1.54, 1.807) is 25.6 Å². The number of methoxy groups -OCH3 is 2. The van der Waals surface area contributed by atoms with Crippen LogP contribution in [0, 0.1) is 0 Å². The van der Waals surface area contributed by atoms with Gasteiger partial charge < -0.3 is 14.4 Å².